The summed E-state index contributed by atoms with van der Waals surface area (Å²) in [6.07, 6.45) is 2.68. The highest BCUT2D eigenvalue weighted by Gasteiger charge is 2.10. The predicted octanol–water partition coefficient (Wildman–Crippen LogP) is 2.25. The molecule has 1 heterocycles. The van der Waals surface area contributed by atoms with E-state index in [4.69, 9.17) is 23.2 Å². The summed E-state index contributed by atoms with van der Waals surface area (Å²) in [6.45, 7) is 0. The number of aromatic nitrogens is 2. The maximum absolute atomic E-state index is 10.3. The molecule has 0 saturated carbocycles. The number of carbonyl (C=O) groups excluding carboxylic acids is 1. The van der Waals surface area contributed by atoms with E-state index in [-0.39, 0.29) is 16.7 Å². The molecule has 0 N–H and O–H groups in total. The summed E-state index contributed by atoms with van der Waals surface area (Å²) >= 11 is 12.9. The second-order valence-electron chi connectivity index (χ2n) is 2.14. The maximum atomic E-state index is 10.3. The van der Waals surface area contributed by atoms with E-state index >= 15 is 0 Å². The molecule has 0 atom stereocenters. The number of hydrogen-bond acceptors (Lipinski definition) is 4. The van der Waals surface area contributed by atoms with Crippen LogP contribution in [-0.2, 0) is 11.2 Å². The molecular formula is C7H6Cl2N2OS. The van der Waals surface area contributed by atoms with Crippen molar-refractivity contribution in [2.24, 2.45) is 0 Å². The van der Waals surface area contributed by atoms with Crippen molar-refractivity contribution in [3.8, 4) is 0 Å². The number of rotatable bonds is 3. The summed E-state index contributed by atoms with van der Waals surface area (Å²) in [4.78, 5) is 18.1. The van der Waals surface area contributed by atoms with Gasteiger partial charge in [-0.2, -0.15) is 0 Å². The SMILES string of the molecule is CSc1nc(Cl)c(CC=O)c(Cl)n1. The molecule has 0 bridgehead atoms. The molecular weight excluding hydrogens is 231 g/mol. The van der Waals surface area contributed by atoms with Gasteiger partial charge in [-0.1, -0.05) is 35.0 Å². The molecule has 0 saturated heterocycles. The molecule has 0 aliphatic heterocycles. The van der Waals surface area contributed by atoms with Gasteiger partial charge < -0.3 is 4.79 Å². The summed E-state index contributed by atoms with van der Waals surface area (Å²) in [6, 6.07) is 0. The number of carbonyl (C=O) groups is 1. The Morgan fingerprint density at radius 2 is 1.92 bits per heavy atom. The van der Waals surface area contributed by atoms with Crippen LogP contribution in [0.1, 0.15) is 5.56 Å². The van der Waals surface area contributed by atoms with Crippen molar-refractivity contribution in [2.75, 3.05) is 6.26 Å². The van der Waals surface area contributed by atoms with Crippen LogP contribution in [0.5, 0.6) is 0 Å². The van der Waals surface area contributed by atoms with Crippen molar-refractivity contribution in [3.05, 3.63) is 15.9 Å². The standard InChI is InChI=1S/C7H6Cl2N2OS/c1-13-7-10-5(8)4(2-3-12)6(9)11-7/h3H,2H2,1H3. The molecule has 0 radical (unpaired) electrons. The van der Waals surface area contributed by atoms with Crippen molar-refractivity contribution in [1.29, 1.82) is 0 Å². The lowest BCUT2D eigenvalue weighted by atomic mass is 10.3. The summed E-state index contributed by atoms with van der Waals surface area (Å²) in [5.41, 5.74) is 0.483. The minimum atomic E-state index is 0.145. The second-order valence-corrected chi connectivity index (χ2v) is 3.63. The van der Waals surface area contributed by atoms with Gasteiger partial charge in [0, 0.05) is 12.0 Å². The number of halogens is 2. The van der Waals surface area contributed by atoms with Crippen molar-refractivity contribution < 1.29 is 4.79 Å². The number of nitrogens with zero attached hydrogens (tertiary/aromatic N) is 2. The third-order valence-corrected chi connectivity index (χ3v) is 2.53. The average Bonchev–Trinajstić information content (AvgIpc) is 2.11. The van der Waals surface area contributed by atoms with Crippen molar-refractivity contribution in [3.63, 3.8) is 0 Å². The normalized spacial score (nSPS) is 10.1. The van der Waals surface area contributed by atoms with Gasteiger partial charge in [-0.05, 0) is 6.26 Å². The highest BCUT2D eigenvalue weighted by Crippen LogP contribution is 2.23. The lowest BCUT2D eigenvalue weighted by molar-refractivity contribution is -0.107. The van der Waals surface area contributed by atoms with Crippen molar-refractivity contribution >= 4 is 41.2 Å². The Morgan fingerprint density at radius 3 is 2.31 bits per heavy atom. The quantitative estimate of drug-likeness (QED) is 0.350. The van der Waals surface area contributed by atoms with Crippen LogP contribution in [0.15, 0.2) is 5.16 Å². The Hall–Kier alpha value is -0.320. The van der Waals surface area contributed by atoms with Crippen LogP contribution < -0.4 is 0 Å². The van der Waals surface area contributed by atoms with Gasteiger partial charge in [-0.3, -0.25) is 0 Å². The molecule has 0 spiro atoms. The molecule has 13 heavy (non-hydrogen) atoms. The monoisotopic (exact) mass is 236 g/mol. The van der Waals surface area contributed by atoms with E-state index < -0.39 is 0 Å². The van der Waals surface area contributed by atoms with Gasteiger partial charge in [-0.25, -0.2) is 9.97 Å². The molecule has 3 nitrogen and oxygen atoms in total. The first-order chi connectivity index (χ1) is 6.19. The van der Waals surface area contributed by atoms with Gasteiger partial charge in [0.1, 0.15) is 16.6 Å². The van der Waals surface area contributed by atoms with Gasteiger partial charge in [0.2, 0.25) is 0 Å². The van der Waals surface area contributed by atoms with Crippen LogP contribution in [-0.4, -0.2) is 22.5 Å². The summed E-state index contributed by atoms with van der Waals surface area (Å²) in [7, 11) is 0. The molecule has 1 rings (SSSR count). The van der Waals surface area contributed by atoms with Crippen LogP contribution in [0.2, 0.25) is 10.3 Å². The molecule has 0 amide bonds. The van der Waals surface area contributed by atoms with E-state index in [2.05, 4.69) is 9.97 Å². The number of thioether (sulfide) groups is 1. The Morgan fingerprint density at radius 1 is 1.38 bits per heavy atom. The summed E-state index contributed by atoms with van der Waals surface area (Å²) < 4.78 is 0. The smallest absolute Gasteiger partial charge is 0.190 e. The second kappa shape index (κ2) is 4.79. The molecule has 1 aromatic heterocycles. The minimum Gasteiger partial charge on any atom is -0.303 e. The lowest BCUT2D eigenvalue weighted by Gasteiger charge is -2.03. The molecule has 1 aromatic rings. The predicted molar refractivity (Wildman–Crippen MR) is 53.6 cm³/mol. The summed E-state index contributed by atoms with van der Waals surface area (Å²) in [5, 5.41) is 0.998. The largest absolute Gasteiger partial charge is 0.303 e. The van der Waals surface area contributed by atoms with Gasteiger partial charge >= 0.3 is 0 Å². The van der Waals surface area contributed by atoms with Crippen LogP contribution in [0.4, 0.5) is 0 Å². The zero-order valence-electron chi connectivity index (χ0n) is 6.75. The Bertz CT molecular complexity index is 309. The average molecular weight is 237 g/mol. The zero-order valence-corrected chi connectivity index (χ0v) is 9.08. The number of hydrogen-bond donors (Lipinski definition) is 0. The third-order valence-electron chi connectivity index (χ3n) is 1.36. The first-order valence-corrected chi connectivity index (χ1v) is 5.36. The van der Waals surface area contributed by atoms with Gasteiger partial charge in [-0.15, -0.1) is 0 Å². The molecule has 0 unspecified atom stereocenters. The molecule has 6 heteroatoms. The van der Waals surface area contributed by atoms with E-state index in [1.54, 1.807) is 0 Å². The van der Waals surface area contributed by atoms with Gasteiger partial charge in [0.15, 0.2) is 5.16 Å². The van der Waals surface area contributed by atoms with Gasteiger partial charge in [0.25, 0.3) is 0 Å². The van der Waals surface area contributed by atoms with Crippen LogP contribution in [0, 0.1) is 0 Å². The van der Waals surface area contributed by atoms with Gasteiger partial charge in [0.05, 0.1) is 0 Å². The van der Waals surface area contributed by atoms with Crippen LogP contribution in [0.3, 0.4) is 0 Å². The molecule has 0 fully saturated rings. The van der Waals surface area contributed by atoms with E-state index in [1.165, 1.54) is 11.8 Å². The van der Waals surface area contributed by atoms with Crippen LogP contribution >= 0.6 is 35.0 Å². The first kappa shape index (κ1) is 10.8. The highest BCUT2D eigenvalue weighted by atomic mass is 35.5. The van der Waals surface area contributed by atoms with Crippen molar-refractivity contribution in [1.82, 2.24) is 9.97 Å². The van der Waals surface area contributed by atoms with Crippen LogP contribution in [0.25, 0.3) is 0 Å². The Balaban J connectivity index is 3.14. The van der Waals surface area contributed by atoms with E-state index in [0.29, 0.717) is 10.7 Å². The van der Waals surface area contributed by atoms with E-state index in [9.17, 15) is 4.79 Å². The van der Waals surface area contributed by atoms with E-state index in [0.717, 1.165) is 6.29 Å². The lowest BCUT2D eigenvalue weighted by Crippen LogP contribution is -1.97. The fraction of sp³-hybridized carbons (Fsp3) is 0.286. The fourth-order valence-corrected chi connectivity index (χ4v) is 1.76. The maximum Gasteiger partial charge on any atom is 0.190 e. The first-order valence-electron chi connectivity index (χ1n) is 3.38. The molecule has 0 aliphatic carbocycles. The van der Waals surface area contributed by atoms with Crippen molar-refractivity contribution in [2.45, 2.75) is 11.6 Å². The zero-order chi connectivity index (χ0) is 9.84. The highest BCUT2D eigenvalue weighted by molar-refractivity contribution is 7.98. The molecule has 0 aliphatic rings. The Labute approximate surface area is 89.9 Å². The Kier molecular flexibility index (Phi) is 3.96. The minimum absolute atomic E-state index is 0.145. The summed E-state index contributed by atoms with van der Waals surface area (Å²) in [5.74, 6) is 0. The molecule has 70 valence electrons. The van der Waals surface area contributed by atoms with E-state index in [1.807, 2.05) is 6.26 Å². The molecule has 0 aromatic carbocycles. The third kappa shape index (κ3) is 2.56. The number of aldehydes is 1. The topological polar surface area (TPSA) is 42.9 Å². The fourth-order valence-electron chi connectivity index (χ4n) is 0.756.